The molecule has 9 nitrogen and oxygen atoms in total. The number of fused-ring (bicyclic) bond motifs is 3. The fourth-order valence-corrected chi connectivity index (χ4v) is 3.61. The number of hydrogen-bond acceptors (Lipinski definition) is 6. The van der Waals surface area contributed by atoms with Gasteiger partial charge in [-0.3, -0.25) is 25.2 Å². The fourth-order valence-electron chi connectivity index (χ4n) is 3.61. The topological polar surface area (TPSA) is 139 Å². The van der Waals surface area contributed by atoms with Crippen LogP contribution in [0, 0.1) is 6.92 Å². The van der Waals surface area contributed by atoms with Gasteiger partial charge in [0, 0.05) is 22.7 Å². The van der Waals surface area contributed by atoms with Crippen LogP contribution in [-0.2, 0) is 20.9 Å². The fraction of sp³-hybridized carbons (Fsp3) is 0.200. The number of nitrogens with one attached hydrogen (secondary N) is 3. The van der Waals surface area contributed by atoms with Crippen molar-refractivity contribution in [2.45, 2.75) is 32.4 Å². The smallest absolute Gasteiger partial charge is 0.306 e. The normalized spacial score (nSPS) is 11.8. The van der Waals surface area contributed by atoms with Gasteiger partial charge in [-0.05, 0) is 31.0 Å². The van der Waals surface area contributed by atoms with Gasteiger partial charge in [0.15, 0.2) is 0 Å². The summed E-state index contributed by atoms with van der Waals surface area (Å²) in [5, 5.41) is 1.84. The number of carbonyl (C=O) groups is 3. The van der Waals surface area contributed by atoms with Gasteiger partial charge in [-0.25, -0.2) is 4.98 Å². The molecule has 2 aromatic carbocycles. The van der Waals surface area contributed by atoms with Crippen molar-refractivity contribution in [3.8, 4) is 0 Å². The molecule has 0 aliphatic rings. The van der Waals surface area contributed by atoms with Gasteiger partial charge < -0.3 is 15.5 Å². The lowest BCUT2D eigenvalue weighted by molar-refractivity contribution is -0.145. The molecule has 174 valence electrons. The number of ether oxygens (including phenoxy) is 1. The molecule has 2 heterocycles. The quantitative estimate of drug-likeness (QED) is 0.247. The van der Waals surface area contributed by atoms with Crippen LogP contribution in [0.3, 0.4) is 0 Å². The summed E-state index contributed by atoms with van der Waals surface area (Å²) in [6, 6.07) is 17.7. The van der Waals surface area contributed by atoms with Gasteiger partial charge >= 0.3 is 5.97 Å². The summed E-state index contributed by atoms with van der Waals surface area (Å²) in [5.41, 5.74) is 14.0. The highest BCUT2D eigenvalue weighted by Crippen LogP contribution is 2.27. The molecule has 0 saturated carbocycles. The lowest BCUT2D eigenvalue weighted by atomic mass is 10.1. The molecule has 0 radical (unpaired) electrons. The Morgan fingerprint density at radius 2 is 1.76 bits per heavy atom. The molecule has 34 heavy (non-hydrogen) atoms. The lowest BCUT2D eigenvalue weighted by Gasteiger charge is -2.13. The van der Waals surface area contributed by atoms with Crippen LogP contribution in [0.2, 0.25) is 0 Å². The number of hydrazine groups is 1. The molecular formula is C25H25N5O4. The largest absolute Gasteiger partial charge is 0.461 e. The van der Waals surface area contributed by atoms with Gasteiger partial charge in [0.05, 0.1) is 17.3 Å². The van der Waals surface area contributed by atoms with E-state index in [1.807, 2.05) is 54.6 Å². The van der Waals surface area contributed by atoms with Crippen molar-refractivity contribution in [2.24, 2.45) is 5.73 Å². The molecule has 0 aliphatic heterocycles. The van der Waals surface area contributed by atoms with Crippen LogP contribution in [0.1, 0.15) is 34.6 Å². The highest BCUT2D eigenvalue weighted by atomic mass is 16.5. The number of nitrogens with two attached hydrogens (primary N) is 1. The summed E-state index contributed by atoms with van der Waals surface area (Å²) in [5.74, 6) is -1.64. The van der Waals surface area contributed by atoms with Crippen LogP contribution in [0.15, 0.2) is 60.7 Å². The number of amides is 2. The standard InChI is InChI=1S/C25H25N5O4/c1-15-23-18(17-9-5-6-10-20(17)28-23)13-21(27-15)25(33)30-29-24(32)19(26)11-12-22(31)34-14-16-7-3-2-4-8-16/h2-10,13,19,28H,11-12,14,26H2,1H3,(H,29,32)(H,30,33)/t19-/m0/s1. The van der Waals surface area contributed by atoms with E-state index in [4.69, 9.17) is 10.5 Å². The molecule has 2 aromatic heterocycles. The molecule has 4 rings (SSSR count). The van der Waals surface area contributed by atoms with E-state index in [2.05, 4.69) is 20.8 Å². The Morgan fingerprint density at radius 3 is 2.56 bits per heavy atom. The van der Waals surface area contributed by atoms with Crippen molar-refractivity contribution in [1.29, 1.82) is 0 Å². The molecular weight excluding hydrogens is 434 g/mol. The van der Waals surface area contributed by atoms with E-state index in [1.54, 1.807) is 13.0 Å². The molecule has 5 N–H and O–H groups in total. The van der Waals surface area contributed by atoms with E-state index in [1.165, 1.54) is 0 Å². The number of esters is 1. The number of hydrogen-bond donors (Lipinski definition) is 4. The number of aryl methyl sites for hydroxylation is 1. The van der Waals surface area contributed by atoms with Crippen LogP contribution in [0.25, 0.3) is 21.8 Å². The Labute approximate surface area is 195 Å². The van der Waals surface area contributed by atoms with Crippen molar-refractivity contribution in [3.63, 3.8) is 0 Å². The number of aromatic nitrogens is 2. The van der Waals surface area contributed by atoms with Crippen LogP contribution in [0.5, 0.6) is 0 Å². The third-order valence-corrected chi connectivity index (χ3v) is 5.45. The average Bonchev–Trinajstić information content (AvgIpc) is 3.24. The number of pyridine rings is 1. The predicted molar refractivity (Wildman–Crippen MR) is 127 cm³/mol. The Morgan fingerprint density at radius 1 is 1.03 bits per heavy atom. The first-order valence-corrected chi connectivity index (χ1v) is 10.9. The number of carbonyl (C=O) groups excluding carboxylic acids is 3. The number of aromatic amines is 1. The second-order valence-electron chi connectivity index (χ2n) is 7.92. The maximum Gasteiger partial charge on any atom is 0.306 e. The Hall–Kier alpha value is -4.24. The number of para-hydroxylation sites is 1. The first-order chi connectivity index (χ1) is 16.4. The molecule has 0 spiro atoms. The number of nitrogens with zero attached hydrogens (tertiary/aromatic N) is 1. The monoisotopic (exact) mass is 459 g/mol. The second kappa shape index (κ2) is 10.1. The minimum absolute atomic E-state index is 0.0205. The van der Waals surface area contributed by atoms with Gasteiger partial charge in [0.25, 0.3) is 11.8 Å². The van der Waals surface area contributed by atoms with Gasteiger partial charge in [0.1, 0.15) is 12.3 Å². The maximum atomic E-state index is 12.6. The summed E-state index contributed by atoms with van der Waals surface area (Å²) in [7, 11) is 0. The van der Waals surface area contributed by atoms with Gasteiger partial charge in [-0.2, -0.15) is 0 Å². The molecule has 9 heteroatoms. The van der Waals surface area contributed by atoms with Gasteiger partial charge in [0.2, 0.25) is 0 Å². The number of rotatable bonds is 7. The summed E-state index contributed by atoms with van der Waals surface area (Å²) in [6.07, 6.45) is 0.0569. The number of benzene rings is 2. The molecule has 0 saturated heterocycles. The van der Waals surface area contributed by atoms with E-state index < -0.39 is 23.8 Å². The molecule has 0 bridgehead atoms. The third-order valence-electron chi connectivity index (χ3n) is 5.45. The molecule has 0 aliphatic carbocycles. The Kier molecular flexibility index (Phi) is 6.84. The minimum Gasteiger partial charge on any atom is -0.461 e. The van der Waals surface area contributed by atoms with Crippen molar-refractivity contribution in [3.05, 3.63) is 77.6 Å². The van der Waals surface area contributed by atoms with Crippen molar-refractivity contribution in [2.75, 3.05) is 0 Å². The third kappa shape index (κ3) is 5.21. The van der Waals surface area contributed by atoms with Crippen molar-refractivity contribution >= 4 is 39.6 Å². The highest BCUT2D eigenvalue weighted by molar-refractivity contribution is 6.10. The molecule has 0 unspecified atom stereocenters. The minimum atomic E-state index is -0.990. The zero-order valence-corrected chi connectivity index (χ0v) is 18.6. The Balaban J connectivity index is 1.29. The first-order valence-electron chi connectivity index (χ1n) is 10.9. The summed E-state index contributed by atoms with van der Waals surface area (Å²) in [4.78, 5) is 44.4. The Bertz CT molecular complexity index is 1350. The molecule has 0 fully saturated rings. The predicted octanol–water partition coefficient (Wildman–Crippen LogP) is 2.64. The van der Waals surface area contributed by atoms with Crippen molar-refractivity contribution < 1.29 is 19.1 Å². The molecule has 1 atom stereocenters. The molecule has 2 amide bonds. The van der Waals surface area contributed by atoms with Gasteiger partial charge in [-0.15, -0.1) is 0 Å². The van der Waals surface area contributed by atoms with Gasteiger partial charge in [-0.1, -0.05) is 48.5 Å². The first kappa shape index (κ1) is 22.9. The maximum absolute atomic E-state index is 12.6. The van der Waals surface area contributed by atoms with E-state index in [-0.39, 0.29) is 25.1 Å². The number of H-pyrrole nitrogens is 1. The average molecular weight is 460 g/mol. The van der Waals surface area contributed by atoms with E-state index in [0.717, 1.165) is 27.4 Å². The van der Waals surface area contributed by atoms with E-state index >= 15 is 0 Å². The summed E-state index contributed by atoms with van der Waals surface area (Å²) >= 11 is 0. The van der Waals surface area contributed by atoms with Crippen molar-refractivity contribution in [1.82, 2.24) is 20.8 Å². The lowest BCUT2D eigenvalue weighted by Crippen LogP contribution is -2.49. The van der Waals surface area contributed by atoms with E-state index in [9.17, 15) is 14.4 Å². The zero-order chi connectivity index (χ0) is 24.1. The SMILES string of the molecule is Cc1nc(C(=O)NNC(=O)[C@@H](N)CCC(=O)OCc2ccccc2)cc2c1[nH]c1ccccc12. The summed E-state index contributed by atoms with van der Waals surface area (Å²) in [6.45, 7) is 1.96. The summed E-state index contributed by atoms with van der Waals surface area (Å²) < 4.78 is 5.18. The van der Waals surface area contributed by atoms with Crippen LogP contribution < -0.4 is 16.6 Å². The van der Waals surface area contributed by atoms with E-state index in [0.29, 0.717) is 5.69 Å². The zero-order valence-electron chi connectivity index (χ0n) is 18.6. The van der Waals surface area contributed by atoms with Crippen LogP contribution in [0.4, 0.5) is 0 Å². The second-order valence-corrected chi connectivity index (χ2v) is 7.92. The van der Waals surface area contributed by atoms with Crippen LogP contribution >= 0.6 is 0 Å². The van der Waals surface area contributed by atoms with Crippen LogP contribution in [-0.4, -0.2) is 33.8 Å². The molecule has 4 aromatic rings. The highest BCUT2D eigenvalue weighted by Gasteiger charge is 2.18.